The van der Waals surface area contributed by atoms with Crippen LogP contribution >= 0.6 is 0 Å². The van der Waals surface area contributed by atoms with E-state index in [2.05, 4.69) is 4.98 Å². The zero-order valence-electron chi connectivity index (χ0n) is 12.2. The lowest BCUT2D eigenvalue weighted by Crippen LogP contribution is -2.50. The van der Waals surface area contributed by atoms with Gasteiger partial charge >= 0.3 is 5.97 Å². The van der Waals surface area contributed by atoms with Crippen molar-refractivity contribution in [3.05, 3.63) is 30.2 Å². The average Bonchev–Trinajstić information content (AvgIpc) is 3.04. The summed E-state index contributed by atoms with van der Waals surface area (Å²) in [6.07, 6.45) is 3.14. The molecule has 1 atom stereocenters. The second kappa shape index (κ2) is 5.48. The second-order valence-corrected chi connectivity index (χ2v) is 5.69. The van der Waals surface area contributed by atoms with E-state index in [4.69, 9.17) is 4.42 Å². The van der Waals surface area contributed by atoms with Crippen molar-refractivity contribution in [3.8, 4) is 0 Å². The van der Waals surface area contributed by atoms with Crippen molar-refractivity contribution in [2.45, 2.75) is 44.7 Å². The molecule has 1 N–H and O–H groups in total. The van der Waals surface area contributed by atoms with Gasteiger partial charge in [0.15, 0.2) is 5.58 Å². The monoisotopic (exact) mass is 288 g/mol. The lowest BCUT2D eigenvalue weighted by molar-refractivity contribution is -0.150. The van der Waals surface area contributed by atoms with E-state index >= 15 is 0 Å². The molecule has 1 aromatic heterocycles. The summed E-state index contributed by atoms with van der Waals surface area (Å²) in [5.74, 6) is -0.127. The number of para-hydroxylation sites is 2. The number of rotatable bonds is 5. The molecule has 0 bridgehead atoms. The first-order chi connectivity index (χ1) is 10.2. The maximum absolute atomic E-state index is 11.8. The molecule has 21 heavy (non-hydrogen) atoms. The predicted octanol–water partition coefficient (Wildman–Crippen LogP) is 3.05. The summed E-state index contributed by atoms with van der Waals surface area (Å²) < 4.78 is 5.74. The van der Waals surface area contributed by atoms with Crippen LogP contribution in [0.15, 0.2) is 28.7 Å². The Balaban J connectivity index is 1.86. The van der Waals surface area contributed by atoms with Crippen molar-refractivity contribution in [1.29, 1.82) is 0 Å². The molecule has 0 aliphatic carbocycles. The second-order valence-electron chi connectivity index (χ2n) is 5.69. The van der Waals surface area contributed by atoms with Crippen LogP contribution in [0.5, 0.6) is 0 Å². The van der Waals surface area contributed by atoms with Crippen LogP contribution in [0.3, 0.4) is 0 Å². The topological polar surface area (TPSA) is 66.6 Å². The van der Waals surface area contributed by atoms with Gasteiger partial charge in [-0.05, 0) is 37.9 Å². The molecule has 0 saturated carbocycles. The van der Waals surface area contributed by atoms with E-state index in [0.29, 0.717) is 25.3 Å². The molecule has 2 heterocycles. The molecule has 0 amide bonds. The highest BCUT2D eigenvalue weighted by molar-refractivity contribution is 5.79. The molecule has 1 fully saturated rings. The molecule has 5 heteroatoms. The minimum Gasteiger partial charge on any atom is -0.480 e. The lowest BCUT2D eigenvalue weighted by Gasteiger charge is -2.33. The van der Waals surface area contributed by atoms with Gasteiger partial charge in [0.1, 0.15) is 11.1 Å². The number of carboxylic acids is 1. The van der Waals surface area contributed by atoms with E-state index in [9.17, 15) is 9.90 Å². The van der Waals surface area contributed by atoms with Gasteiger partial charge in [0.05, 0.1) is 6.54 Å². The van der Waals surface area contributed by atoms with Gasteiger partial charge in [-0.1, -0.05) is 25.5 Å². The Kier molecular flexibility index (Phi) is 3.68. The molecular weight excluding hydrogens is 268 g/mol. The van der Waals surface area contributed by atoms with Gasteiger partial charge in [-0.15, -0.1) is 0 Å². The Bertz CT molecular complexity index is 619. The van der Waals surface area contributed by atoms with Crippen molar-refractivity contribution < 1.29 is 14.3 Å². The summed E-state index contributed by atoms with van der Waals surface area (Å²) >= 11 is 0. The number of oxazole rings is 1. The Labute approximate surface area is 123 Å². The van der Waals surface area contributed by atoms with Crippen molar-refractivity contribution in [1.82, 2.24) is 9.88 Å². The van der Waals surface area contributed by atoms with Crippen molar-refractivity contribution in [2.24, 2.45) is 0 Å². The Morgan fingerprint density at radius 2 is 2.29 bits per heavy atom. The van der Waals surface area contributed by atoms with Crippen LogP contribution in [0.4, 0.5) is 0 Å². The first-order valence-electron chi connectivity index (χ1n) is 7.48. The van der Waals surface area contributed by atoms with Gasteiger partial charge in [0, 0.05) is 0 Å². The van der Waals surface area contributed by atoms with Gasteiger partial charge in [-0.2, -0.15) is 0 Å². The van der Waals surface area contributed by atoms with E-state index in [-0.39, 0.29) is 0 Å². The minimum atomic E-state index is -0.755. The van der Waals surface area contributed by atoms with Crippen LogP contribution in [0, 0.1) is 0 Å². The Hall–Kier alpha value is -1.88. The summed E-state index contributed by atoms with van der Waals surface area (Å²) in [6.45, 7) is 3.27. The van der Waals surface area contributed by atoms with Gasteiger partial charge < -0.3 is 9.52 Å². The summed E-state index contributed by atoms with van der Waals surface area (Å²) in [4.78, 5) is 18.3. The fourth-order valence-corrected chi connectivity index (χ4v) is 3.36. The summed E-state index contributed by atoms with van der Waals surface area (Å²) in [6, 6.07) is 7.62. The number of aromatic nitrogens is 1. The fourth-order valence-electron chi connectivity index (χ4n) is 3.36. The number of benzene rings is 1. The highest BCUT2D eigenvalue weighted by atomic mass is 16.4. The zero-order valence-corrected chi connectivity index (χ0v) is 12.2. The maximum atomic E-state index is 11.8. The fraction of sp³-hybridized carbons (Fsp3) is 0.500. The Morgan fingerprint density at radius 1 is 1.48 bits per heavy atom. The molecule has 1 aliphatic rings. The van der Waals surface area contributed by atoms with Crippen LogP contribution in [-0.4, -0.2) is 33.0 Å². The summed E-state index contributed by atoms with van der Waals surface area (Å²) in [5, 5.41) is 9.69. The number of nitrogens with zero attached hydrogens (tertiary/aromatic N) is 2. The first kappa shape index (κ1) is 14.1. The normalized spacial score (nSPS) is 22.9. The van der Waals surface area contributed by atoms with E-state index in [0.717, 1.165) is 30.5 Å². The van der Waals surface area contributed by atoms with Gasteiger partial charge in [0.2, 0.25) is 5.89 Å². The summed E-state index contributed by atoms with van der Waals surface area (Å²) in [7, 11) is 0. The number of hydrogen-bond acceptors (Lipinski definition) is 4. The minimum absolute atomic E-state index is 0.459. The molecular formula is C16H20N2O3. The van der Waals surface area contributed by atoms with Crippen LogP contribution in [-0.2, 0) is 11.3 Å². The van der Waals surface area contributed by atoms with Gasteiger partial charge in [0.25, 0.3) is 0 Å². The van der Waals surface area contributed by atoms with Crippen LogP contribution in [0.25, 0.3) is 11.1 Å². The molecule has 112 valence electrons. The third-order valence-corrected chi connectivity index (χ3v) is 4.35. The van der Waals surface area contributed by atoms with Crippen LogP contribution in [0.2, 0.25) is 0 Å². The number of aliphatic carboxylic acids is 1. The van der Waals surface area contributed by atoms with Crippen molar-refractivity contribution in [2.75, 3.05) is 6.54 Å². The third kappa shape index (κ3) is 2.42. The van der Waals surface area contributed by atoms with Gasteiger partial charge in [-0.25, -0.2) is 4.98 Å². The van der Waals surface area contributed by atoms with Gasteiger partial charge in [-0.3, -0.25) is 9.69 Å². The molecule has 1 aliphatic heterocycles. The number of fused-ring (bicyclic) bond motifs is 1. The smallest absolute Gasteiger partial charge is 0.324 e. The predicted molar refractivity (Wildman–Crippen MR) is 78.9 cm³/mol. The molecule has 1 aromatic carbocycles. The number of hydrogen-bond donors (Lipinski definition) is 1. The average molecular weight is 288 g/mol. The molecule has 3 rings (SSSR count). The molecule has 0 radical (unpaired) electrons. The largest absolute Gasteiger partial charge is 0.480 e. The third-order valence-electron chi connectivity index (χ3n) is 4.35. The van der Waals surface area contributed by atoms with E-state index in [1.54, 1.807) is 0 Å². The SMILES string of the molecule is CCCC1(C(=O)O)CCCN1Cc1nc2ccccc2o1. The standard InChI is InChI=1S/C16H20N2O3/c1-2-8-16(15(19)20)9-5-10-18(16)11-14-17-12-6-3-4-7-13(12)21-14/h3-4,6-7H,2,5,8-11H2,1H3,(H,19,20). The maximum Gasteiger partial charge on any atom is 0.324 e. The number of carboxylic acid groups (broad SMARTS) is 1. The van der Waals surface area contributed by atoms with E-state index in [1.807, 2.05) is 36.1 Å². The van der Waals surface area contributed by atoms with Crippen LogP contribution in [0.1, 0.15) is 38.5 Å². The number of likely N-dealkylation sites (tertiary alicyclic amines) is 1. The van der Waals surface area contributed by atoms with Crippen LogP contribution < -0.4 is 0 Å². The van der Waals surface area contributed by atoms with E-state index < -0.39 is 11.5 Å². The molecule has 1 saturated heterocycles. The molecule has 0 spiro atoms. The number of carbonyl (C=O) groups is 1. The van der Waals surface area contributed by atoms with E-state index in [1.165, 1.54) is 0 Å². The molecule has 1 unspecified atom stereocenters. The molecule has 2 aromatic rings. The first-order valence-corrected chi connectivity index (χ1v) is 7.48. The van der Waals surface area contributed by atoms with Crippen molar-refractivity contribution in [3.63, 3.8) is 0 Å². The highest BCUT2D eigenvalue weighted by Gasteiger charge is 2.47. The van der Waals surface area contributed by atoms with Crippen molar-refractivity contribution >= 4 is 17.1 Å². The quantitative estimate of drug-likeness (QED) is 0.916. The molecule has 5 nitrogen and oxygen atoms in total. The lowest BCUT2D eigenvalue weighted by atomic mass is 9.90. The Morgan fingerprint density at radius 3 is 3.00 bits per heavy atom. The zero-order chi connectivity index (χ0) is 14.9. The highest BCUT2D eigenvalue weighted by Crippen LogP contribution is 2.35. The summed E-state index contributed by atoms with van der Waals surface area (Å²) in [5.41, 5.74) is 0.821.